The second kappa shape index (κ2) is 8.61. The minimum Gasteiger partial charge on any atom is -0.356 e. The van der Waals surface area contributed by atoms with Crippen molar-refractivity contribution in [1.82, 2.24) is 10.3 Å². The Hall–Kier alpha value is -1.93. The maximum Gasteiger partial charge on any atom is 0.417 e. The molecule has 3 rings (SSSR count). The first-order chi connectivity index (χ1) is 13.3. The van der Waals surface area contributed by atoms with Gasteiger partial charge in [0.2, 0.25) is 0 Å². The third kappa shape index (κ3) is 4.91. The van der Waals surface area contributed by atoms with Crippen molar-refractivity contribution in [3.05, 3.63) is 52.7 Å². The van der Waals surface area contributed by atoms with Gasteiger partial charge in [0.25, 0.3) is 5.91 Å². The van der Waals surface area contributed by atoms with Crippen LogP contribution >= 0.6 is 23.4 Å². The number of amides is 1. The third-order valence-electron chi connectivity index (χ3n) is 4.65. The van der Waals surface area contributed by atoms with E-state index in [1.165, 1.54) is 17.8 Å². The van der Waals surface area contributed by atoms with E-state index in [0.717, 1.165) is 17.2 Å². The molecule has 0 unspecified atom stereocenters. The molecule has 1 saturated heterocycles. The average Bonchev–Trinajstić information content (AvgIpc) is 2.68. The summed E-state index contributed by atoms with van der Waals surface area (Å²) in [6.07, 6.45) is -0.264. The number of nitrogens with one attached hydrogen (secondary N) is 1. The Kier molecular flexibility index (Phi) is 6.40. The number of carbonyl (C=O) groups excluding carboxylic acids is 1. The van der Waals surface area contributed by atoms with Crippen molar-refractivity contribution in [2.24, 2.45) is 0 Å². The maximum atomic E-state index is 12.6. The highest BCUT2D eigenvalue weighted by Gasteiger charge is 2.31. The van der Waals surface area contributed by atoms with E-state index in [0.29, 0.717) is 42.3 Å². The van der Waals surface area contributed by atoms with E-state index < -0.39 is 11.7 Å². The molecule has 0 aliphatic carbocycles. The molecule has 9 heteroatoms. The molecule has 1 aliphatic heterocycles. The summed E-state index contributed by atoms with van der Waals surface area (Å²) < 4.78 is 37.9. The van der Waals surface area contributed by atoms with E-state index in [1.54, 1.807) is 12.1 Å². The van der Waals surface area contributed by atoms with Gasteiger partial charge in [-0.25, -0.2) is 4.98 Å². The molecule has 0 radical (unpaired) electrons. The van der Waals surface area contributed by atoms with Crippen molar-refractivity contribution in [3.8, 4) is 0 Å². The van der Waals surface area contributed by atoms with Gasteiger partial charge in [-0.15, -0.1) is 11.8 Å². The van der Waals surface area contributed by atoms with Crippen LogP contribution in [0.3, 0.4) is 0 Å². The number of benzene rings is 1. The quantitative estimate of drug-likeness (QED) is 0.704. The second-order valence-corrected chi connectivity index (χ2v) is 7.77. The van der Waals surface area contributed by atoms with Gasteiger partial charge in [0.15, 0.2) is 0 Å². The number of thioether (sulfide) groups is 1. The van der Waals surface area contributed by atoms with Gasteiger partial charge in [0.1, 0.15) is 5.82 Å². The van der Waals surface area contributed by atoms with E-state index in [4.69, 9.17) is 11.6 Å². The van der Waals surface area contributed by atoms with Crippen molar-refractivity contribution in [1.29, 1.82) is 0 Å². The molecule has 4 nitrogen and oxygen atoms in total. The SMILES string of the molecule is CSc1ccc(Cl)c(C(=O)NC2CCN(c3ccc(C(F)(F)F)cn3)CC2)c1. The van der Waals surface area contributed by atoms with Crippen molar-refractivity contribution in [2.45, 2.75) is 30.0 Å². The first-order valence-corrected chi connectivity index (χ1v) is 10.3. The molecule has 1 amide bonds. The van der Waals surface area contributed by atoms with E-state index >= 15 is 0 Å². The number of rotatable bonds is 4. The zero-order valence-electron chi connectivity index (χ0n) is 15.1. The molecule has 1 fully saturated rings. The van der Waals surface area contributed by atoms with E-state index in [9.17, 15) is 18.0 Å². The average molecular weight is 430 g/mol. The van der Waals surface area contributed by atoms with Crippen LogP contribution in [0.5, 0.6) is 0 Å². The van der Waals surface area contributed by atoms with Crippen LogP contribution in [0.1, 0.15) is 28.8 Å². The number of aromatic nitrogens is 1. The number of hydrogen-bond donors (Lipinski definition) is 1. The van der Waals surface area contributed by atoms with E-state index in [2.05, 4.69) is 10.3 Å². The van der Waals surface area contributed by atoms with Gasteiger partial charge in [-0.05, 0) is 49.4 Å². The molecule has 0 saturated carbocycles. The van der Waals surface area contributed by atoms with Crippen molar-refractivity contribution >= 4 is 35.1 Å². The summed E-state index contributed by atoms with van der Waals surface area (Å²) in [4.78, 5) is 19.4. The number of nitrogens with zero attached hydrogens (tertiary/aromatic N) is 2. The van der Waals surface area contributed by atoms with Crippen LogP contribution in [0.2, 0.25) is 5.02 Å². The fourth-order valence-corrected chi connectivity index (χ4v) is 3.71. The maximum absolute atomic E-state index is 12.6. The molecule has 28 heavy (non-hydrogen) atoms. The van der Waals surface area contributed by atoms with Gasteiger partial charge in [-0.1, -0.05) is 11.6 Å². The van der Waals surface area contributed by atoms with Gasteiger partial charge < -0.3 is 10.2 Å². The minimum absolute atomic E-state index is 0.0211. The topological polar surface area (TPSA) is 45.2 Å². The monoisotopic (exact) mass is 429 g/mol. The fourth-order valence-electron chi connectivity index (χ4n) is 3.06. The number of alkyl halides is 3. The Morgan fingerprint density at radius 1 is 1.25 bits per heavy atom. The summed E-state index contributed by atoms with van der Waals surface area (Å²) in [5.41, 5.74) is -0.317. The molecule has 1 aromatic carbocycles. The van der Waals surface area contributed by atoms with Crippen LogP contribution in [-0.4, -0.2) is 36.3 Å². The lowest BCUT2D eigenvalue weighted by atomic mass is 10.0. The number of carbonyl (C=O) groups is 1. The summed E-state index contributed by atoms with van der Waals surface area (Å²) in [6, 6.07) is 7.74. The zero-order chi connectivity index (χ0) is 20.3. The predicted molar refractivity (Wildman–Crippen MR) is 105 cm³/mol. The fraction of sp³-hybridized carbons (Fsp3) is 0.368. The first kappa shape index (κ1) is 20.8. The molecule has 0 bridgehead atoms. The van der Waals surface area contributed by atoms with Crippen LogP contribution in [0.15, 0.2) is 41.4 Å². The minimum atomic E-state index is -4.39. The smallest absolute Gasteiger partial charge is 0.356 e. The number of pyridine rings is 1. The Morgan fingerprint density at radius 2 is 1.96 bits per heavy atom. The Labute approximate surface area is 170 Å². The van der Waals surface area contributed by atoms with E-state index in [1.807, 2.05) is 17.2 Å². The standard InChI is InChI=1S/C19H19ClF3N3OS/c1-28-14-3-4-16(20)15(10-14)18(27)25-13-6-8-26(9-7-13)17-5-2-12(11-24-17)19(21,22)23/h2-5,10-11,13H,6-9H2,1H3,(H,25,27). The van der Waals surface area contributed by atoms with Crippen LogP contribution in [0, 0.1) is 0 Å². The summed E-state index contributed by atoms with van der Waals surface area (Å²) in [7, 11) is 0. The molecule has 1 aliphatic rings. The van der Waals surface area contributed by atoms with Crippen LogP contribution in [0.25, 0.3) is 0 Å². The van der Waals surface area contributed by atoms with Gasteiger partial charge >= 0.3 is 6.18 Å². The number of hydrogen-bond acceptors (Lipinski definition) is 4. The summed E-state index contributed by atoms with van der Waals surface area (Å²) >= 11 is 7.68. The lowest BCUT2D eigenvalue weighted by molar-refractivity contribution is -0.137. The van der Waals surface area contributed by atoms with Gasteiger partial charge in [-0.2, -0.15) is 13.2 Å². The summed E-state index contributed by atoms with van der Waals surface area (Å²) in [5.74, 6) is 0.292. The molecular formula is C19H19ClF3N3OS. The molecule has 0 atom stereocenters. The largest absolute Gasteiger partial charge is 0.417 e. The van der Waals surface area contributed by atoms with Crippen molar-refractivity contribution in [3.63, 3.8) is 0 Å². The Morgan fingerprint density at radius 3 is 2.54 bits per heavy atom. The molecule has 150 valence electrons. The highest BCUT2D eigenvalue weighted by molar-refractivity contribution is 7.98. The molecular weight excluding hydrogens is 411 g/mol. The number of anilines is 1. The van der Waals surface area contributed by atoms with Crippen LogP contribution in [-0.2, 0) is 6.18 Å². The van der Waals surface area contributed by atoms with Crippen molar-refractivity contribution < 1.29 is 18.0 Å². The second-order valence-electron chi connectivity index (χ2n) is 6.48. The third-order valence-corrected chi connectivity index (χ3v) is 5.70. The highest BCUT2D eigenvalue weighted by atomic mass is 35.5. The zero-order valence-corrected chi connectivity index (χ0v) is 16.7. The summed E-state index contributed by atoms with van der Waals surface area (Å²) in [5, 5.41) is 3.40. The lowest BCUT2D eigenvalue weighted by Gasteiger charge is -2.33. The van der Waals surface area contributed by atoms with Crippen LogP contribution in [0.4, 0.5) is 19.0 Å². The van der Waals surface area contributed by atoms with Crippen molar-refractivity contribution in [2.75, 3.05) is 24.2 Å². The van der Waals surface area contributed by atoms with Gasteiger partial charge in [-0.3, -0.25) is 4.79 Å². The van der Waals surface area contributed by atoms with Gasteiger partial charge in [0.05, 0.1) is 16.1 Å². The van der Waals surface area contributed by atoms with Gasteiger partial charge in [0, 0.05) is 30.2 Å². The first-order valence-electron chi connectivity index (χ1n) is 8.70. The Balaban J connectivity index is 1.58. The van der Waals surface area contributed by atoms with Crippen LogP contribution < -0.4 is 10.2 Å². The molecule has 1 N–H and O–H groups in total. The van der Waals surface area contributed by atoms with E-state index in [-0.39, 0.29) is 11.9 Å². The predicted octanol–water partition coefficient (Wildman–Crippen LogP) is 4.87. The molecule has 0 spiro atoms. The molecule has 2 heterocycles. The number of halogens is 4. The lowest BCUT2D eigenvalue weighted by Crippen LogP contribution is -2.45. The normalized spacial score (nSPS) is 15.5. The molecule has 1 aromatic heterocycles. The number of piperidine rings is 1. The summed E-state index contributed by atoms with van der Waals surface area (Å²) in [6.45, 7) is 1.20. The Bertz CT molecular complexity index is 837. The molecule has 2 aromatic rings. The highest BCUT2D eigenvalue weighted by Crippen LogP contribution is 2.30.